The van der Waals surface area contributed by atoms with Crippen LogP contribution in [0.15, 0.2) is 58.1 Å². The van der Waals surface area contributed by atoms with Gasteiger partial charge < -0.3 is 14.6 Å². The molecule has 1 heterocycles. The van der Waals surface area contributed by atoms with Crippen molar-refractivity contribution in [3.8, 4) is 17.3 Å². The second-order valence-electron chi connectivity index (χ2n) is 5.89. The van der Waals surface area contributed by atoms with Crippen molar-refractivity contribution >= 4 is 17.8 Å². The minimum atomic E-state index is -1.69. The molecule has 10 heteroatoms. The molecule has 150 valence electrons. The Morgan fingerprint density at radius 1 is 1.14 bits per heavy atom. The Morgan fingerprint density at radius 3 is 2.45 bits per heavy atom. The van der Waals surface area contributed by atoms with Crippen LogP contribution in [0.25, 0.3) is 5.69 Å². The zero-order valence-corrected chi connectivity index (χ0v) is 15.7. The second-order valence-corrected chi connectivity index (χ2v) is 6.33. The van der Waals surface area contributed by atoms with Crippen LogP contribution in [-0.2, 0) is 13.7 Å². The quantitative estimate of drug-likeness (QED) is 0.637. The number of rotatable bonds is 5. The number of nitrogens with zero attached hydrogens (tertiary/aromatic N) is 2. The zero-order chi connectivity index (χ0) is 21.1. The molecule has 1 N–H and O–H groups in total. The molecule has 0 atom stereocenters. The van der Waals surface area contributed by atoms with Gasteiger partial charge in [0.2, 0.25) is 5.88 Å². The molecule has 0 bridgehead atoms. The van der Waals surface area contributed by atoms with Gasteiger partial charge in [-0.2, -0.15) is 0 Å². The SMILES string of the molecule is Cn1c(OC(=O)O)cc(=O)n(-c2ccc(OCc3ccc(Cl)cc3)cc2F)c1=O. The van der Waals surface area contributed by atoms with Crippen LogP contribution in [0, 0.1) is 5.82 Å². The van der Waals surface area contributed by atoms with E-state index in [1.807, 2.05) is 0 Å². The summed E-state index contributed by atoms with van der Waals surface area (Å²) in [6.45, 7) is 0.166. The Bertz CT molecular complexity index is 1190. The first-order valence-electron chi connectivity index (χ1n) is 8.17. The van der Waals surface area contributed by atoms with E-state index in [9.17, 15) is 18.8 Å². The molecular weight excluding hydrogens is 407 g/mol. The molecule has 0 fully saturated rings. The number of hydrogen-bond donors (Lipinski definition) is 1. The van der Waals surface area contributed by atoms with Crippen molar-refractivity contribution < 1.29 is 23.8 Å². The monoisotopic (exact) mass is 420 g/mol. The fourth-order valence-electron chi connectivity index (χ4n) is 2.52. The summed E-state index contributed by atoms with van der Waals surface area (Å²) in [7, 11) is 1.19. The maximum Gasteiger partial charge on any atom is 0.512 e. The van der Waals surface area contributed by atoms with E-state index in [0.717, 1.165) is 22.3 Å². The van der Waals surface area contributed by atoms with Gasteiger partial charge in [-0.25, -0.2) is 18.5 Å². The van der Waals surface area contributed by atoms with Crippen LogP contribution in [0.1, 0.15) is 5.56 Å². The highest BCUT2D eigenvalue weighted by Gasteiger charge is 2.16. The molecule has 0 saturated heterocycles. The predicted molar refractivity (Wildman–Crippen MR) is 102 cm³/mol. The van der Waals surface area contributed by atoms with Gasteiger partial charge in [-0.05, 0) is 29.8 Å². The molecule has 8 nitrogen and oxygen atoms in total. The Labute approximate surface area is 167 Å². The molecule has 1 aromatic heterocycles. The topological polar surface area (TPSA) is 99.8 Å². The van der Waals surface area contributed by atoms with E-state index in [1.165, 1.54) is 19.2 Å². The Balaban J connectivity index is 1.89. The normalized spacial score (nSPS) is 10.6. The van der Waals surface area contributed by atoms with Gasteiger partial charge in [0.15, 0.2) is 5.82 Å². The van der Waals surface area contributed by atoms with Crippen LogP contribution in [0.4, 0.5) is 9.18 Å². The lowest BCUT2D eigenvalue weighted by atomic mass is 10.2. The molecule has 29 heavy (non-hydrogen) atoms. The number of aromatic nitrogens is 2. The van der Waals surface area contributed by atoms with E-state index < -0.39 is 29.1 Å². The van der Waals surface area contributed by atoms with Gasteiger partial charge in [-0.15, -0.1) is 0 Å². The summed E-state index contributed by atoms with van der Waals surface area (Å²) < 4.78 is 25.8. The number of benzene rings is 2. The summed E-state index contributed by atoms with van der Waals surface area (Å²) in [4.78, 5) is 35.3. The van der Waals surface area contributed by atoms with E-state index in [0.29, 0.717) is 9.59 Å². The van der Waals surface area contributed by atoms with E-state index in [-0.39, 0.29) is 18.0 Å². The molecule has 0 spiro atoms. The van der Waals surface area contributed by atoms with E-state index in [4.69, 9.17) is 21.4 Å². The molecular formula is C19H14ClFN2O6. The van der Waals surface area contributed by atoms with E-state index >= 15 is 0 Å². The highest BCUT2D eigenvalue weighted by atomic mass is 35.5. The van der Waals surface area contributed by atoms with Gasteiger partial charge in [-0.1, -0.05) is 23.7 Å². The van der Waals surface area contributed by atoms with Crippen molar-refractivity contribution in [2.75, 3.05) is 0 Å². The summed E-state index contributed by atoms with van der Waals surface area (Å²) in [6, 6.07) is 11.4. The third kappa shape index (κ3) is 4.46. The van der Waals surface area contributed by atoms with Gasteiger partial charge in [0.25, 0.3) is 5.56 Å². The lowest BCUT2D eigenvalue weighted by Gasteiger charge is -2.12. The van der Waals surface area contributed by atoms with Gasteiger partial charge in [-0.3, -0.25) is 9.36 Å². The highest BCUT2D eigenvalue weighted by Crippen LogP contribution is 2.20. The van der Waals surface area contributed by atoms with Gasteiger partial charge in [0.05, 0.1) is 11.8 Å². The summed E-state index contributed by atoms with van der Waals surface area (Å²) in [5, 5.41) is 9.23. The zero-order valence-electron chi connectivity index (χ0n) is 15.0. The van der Waals surface area contributed by atoms with Crippen molar-refractivity contribution in [1.29, 1.82) is 0 Å². The van der Waals surface area contributed by atoms with Crippen molar-refractivity contribution in [2.45, 2.75) is 6.61 Å². The minimum Gasteiger partial charge on any atom is -0.489 e. The maximum absolute atomic E-state index is 14.6. The number of hydrogen-bond acceptors (Lipinski definition) is 5. The van der Waals surface area contributed by atoms with Gasteiger partial charge in [0, 0.05) is 18.1 Å². The Hall–Kier alpha value is -3.59. The first kappa shape index (κ1) is 20.2. The van der Waals surface area contributed by atoms with Gasteiger partial charge >= 0.3 is 11.8 Å². The fourth-order valence-corrected chi connectivity index (χ4v) is 2.65. The summed E-state index contributed by atoms with van der Waals surface area (Å²) in [5.41, 5.74) is -1.41. The summed E-state index contributed by atoms with van der Waals surface area (Å²) >= 11 is 5.81. The molecule has 0 radical (unpaired) electrons. The smallest absolute Gasteiger partial charge is 0.489 e. The fraction of sp³-hybridized carbons (Fsp3) is 0.105. The first-order valence-corrected chi connectivity index (χ1v) is 8.55. The lowest BCUT2D eigenvalue weighted by Crippen LogP contribution is -2.38. The van der Waals surface area contributed by atoms with Crippen molar-refractivity contribution in [3.63, 3.8) is 0 Å². The average molecular weight is 421 g/mol. The van der Waals surface area contributed by atoms with Crippen molar-refractivity contribution in [1.82, 2.24) is 9.13 Å². The van der Waals surface area contributed by atoms with Crippen LogP contribution in [-0.4, -0.2) is 20.4 Å². The number of carboxylic acid groups (broad SMARTS) is 1. The van der Waals surface area contributed by atoms with Crippen molar-refractivity contribution in [3.05, 3.63) is 85.8 Å². The van der Waals surface area contributed by atoms with Crippen LogP contribution in [0.2, 0.25) is 5.02 Å². The minimum absolute atomic E-state index is 0.166. The van der Waals surface area contributed by atoms with Crippen LogP contribution in [0.5, 0.6) is 11.6 Å². The largest absolute Gasteiger partial charge is 0.512 e. The van der Waals surface area contributed by atoms with E-state index in [1.54, 1.807) is 24.3 Å². The molecule has 0 amide bonds. The maximum atomic E-state index is 14.6. The van der Waals surface area contributed by atoms with Crippen LogP contribution in [0.3, 0.4) is 0 Å². The number of carbonyl (C=O) groups is 1. The van der Waals surface area contributed by atoms with Crippen LogP contribution >= 0.6 is 11.6 Å². The van der Waals surface area contributed by atoms with E-state index in [2.05, 4.69) is 4.74 Å². The van der Waals surface area contributed by atoms with Crippen molar-refractivity contribution in [2.24, 2.45) is 7.05 Å². The average Bonchev–Trinajstić information content (AvgIpc) is 2.66. The molecule has 0 unspecified atom stereocenters. The number of ether oxygens (including phenoxy) is 2. The molecule has 0 saturated carbocycles. The van der Waals surface area contributed by atoms with Crippen LogP contribution < -0.4 is 20.7 Å². The summed E-state index contributed by atoms with van der Waals surface area (Å²) in [5.74, 6) is -1.16. The molecule has 0 aliphatic rings. The highest BCUT2D eigenvalue weighted by molar-refractivity contribution is 6.30. The third-order valence-corrected chi connectivity index (χ3v) is 4.20. The molecule has 3 aromatic rings. The molecule has 3 rings (SSSR count). The third-order valence-electron chi connectivity index (χ3n) is 3.95. The molecule has 2 aromatic carbocycles. The predicted octanol–water partition coefficient (Wildman–Crippen LogP) is 2.96. The Morgan fingerprint density at radius 2 is 1.83 bits per heavy atom. The Kier molecular flexibility index (Phi) is 5.69. The summed E-state index contributed by atoms with van der Waals surface area (Å²) in [6.07, 6.45) is -1.69. The van der Waals surface area contributed by atoms with Gasteiger partial charge in [0.1, 0.15) is 12.4 Å². The standard InChI is InChI=1S/C19H14ClFN2O6/c1-22-17(29-19(26)27)9-16(24)23(18(22)25)15-7-6-13(8-14(15)21)28-10-11-2-4-12(20)5-3-11/h2-9H,10H2,1H3,(H,26,27). The second kappa shape index (κ2) is 8.19. The first-order chi connectivity index (χ1) is 13.8. The number of halogens is 2. The molecule has 0 aliphatic heterocycles. The molecule has 0 aliphatic carbocycles. The lowest BCUT2D eigenvalue weighted by molar-refractivity contribution is 0.140.